The van der Waals surface area contributed by atoms with E-state index in [1.165, 1.54) is 6.33 Å². The van der Waals surface area contributed by atoms with Crippen molar-refractivity contribution in [2.75, 3.05) is 6.54 Å². The molecule has 0 spiro atoms. The summed E-state index contributed by atoms with van der Waals surface area (Å²) >= 11 is 0. The van der Waals surface area contributed by atoms with E-state index >= 15 is 0 Å². The van der Waals surface area contributed by atoms with Gasteiger partial charge < -0.3 is 9.73 Å². The molecule has 1 N–H and O–H groups in total. The number of aromatic nitrogens is 2. The number of aryl methyl sites for hydroxylation is 2. The Balaban J connectivity index is 1.87. The molecular weight excluding hydrogens is 230 g/mol. The summed E-state index contributed by atoms with van der Waals surface area (Å²) in [5.74, 6) is 1.28. The van der Waals surface area contributed by atoms with E-state index in [4.69, 9.17) is 4.42 Å². The topological polar surface area (TPSA) is 68.0 Å². The highest BCUT2D eigenvalue weighted by atomic mass is 16.3. The molecule has 0 bridgehead atoms. The van der Waals surface area contributed by atoms with Crippen LogP contribution in [0, 0.1) is 13.8 Å². The lowest BCUT2D eigenvalue weighted by atomic mass is 10.2. The molecule has 94 valence electrons. The lowest BCUT2D eigenvalue weighted by molar-refractivity contribution is 0.0952. The van der Waals surface area contributed by atoms with Gasteiger partial charge in [0, 0.05) is 18.9 Å². The molecule has 0 radical (unpaired) electrons. The van der Waals surface area contributed by atoms with Crippen molar-refractivity contribution < 1.29 is 9.21 Å². The lowest BCUT2D eigenvalue weighted by Gasteiger charge is -2.03. The Morgan fingerprint density at radius 2 is 2.06 bits per heavy atom. The van der Waals surface area contributed by atoms with Crippen LogP contribution in [0.1, 0.15) is 27.4 Å². The van der Waals surface area contributed by atoms with Crippen molar-refractivity contribution in [3.63, 3.8) is 0 Å². The first-order valence-electron chi connectivity index (χ1n) is 5.76. The molecule has 0 aliphatic heterocycles. The molecular formula is C13H15N3O2. The van der Waals surface area contributed by atoms with Crippen molar-refractivity contribution >= 4 is 5.91 Å². The predicted molar refractivity (Wildman–Crippen MR) is 66.3 cm³/mol. The first-order valence-corrected chi connectivity index (χ1v) is 5.76. The molecule has 0 atom stereocenters. The normalized spacial score (nSPS) is 10.3. The Morgan fingerprint density at radius 1 is 1.33 bits per heavy atom. The summed E-state index contributed by atoms with van der Waals surface area (Å²) in [6.45, 7) is 4.16. The number of hydrogen-bond acceptors (Lipinski definition) is 4. The van der Waals surface area contributed by atoms with Gasteiger partial charge >= 0.3 is 0 Å². The van der Waals surface area contributed by atoms with Gasteiger partial charge in [0.15, 0.2) is 0 Å². The third kappa shape index (κ3) is 2.94. The second-order valence-electron chi connectivity index (χ2n) is 4.08. The largest absolute Gasteiger partial charge is 0.466 e. The minimum atomic E-state index is -0.110. The van der Waals surface area contributed by atoms with Crippen LogP contribution in [-0.2, 0) is 6.42 Å². The van der Waals surface area contributed by atoms with Crippen LogP contribution in [0.15, 0.2) is 29.2 Å². The third-order valence-corrected chi connectivity index (χ3v) is 2.60. The quantitative estimate of drug-likeness (QED) is 0.889. The molecule has 0 saturated carbocycles. The highest BCUT2D eigenvalue weighted by Gasteiger charge is 2.12. The van der Waals surface area contributed by atoms with E-state index < -0.39 is 0 Å². The minimum absolute atomic E-state index is 0.110. The maximum atomic E-state index is 11.9. The zero-order chi connectivity index (χ0) is 13.0. The minimum Gasteiger partial charge on any atom is -0.466 e. The Labute approximate surface area is 105 Å². The summed E-state index contributed by atoms with van der Waals surface area (Å²) in [6, 6.07) is 1.75. The van der Waals surface area contributed by atoms with E-state index in [0.29, 0.717) is 24.3 Å². The maximum absolute atomic E-state index is 11.9. The number of nitrogens with one attached hydrogen (secondary N) is 1. The summed E-state index contributed by atoms with van der Waals surface area (Å²) in [5, 5.41) is 2.85. The smallest absolute Gasteiger partial charge is 0.254 e. The number of furan rings is 1. The lowest BCUT2D eigenvalue weighted by Crippen LogP contribution is -2.25. The fraction of sp³-hybridized carbons (Fsp3) is 0.308. The number of rotatable bonds is 4. The number of carbonyl (C=O) groups is 1. The number of nitrogens with zero attached hydrogens (tertiary/aromatic N) is 2. The van der Waals surface area contributed by atoms with Crippen molar-refractivity contribution in [2.45, 2.75) is 20.3 Å². The second-order valence-corrected chi connectivity index (χ2v) is 4.08. The standard InChI is InChI=1S/C13H15N3O2/c1-9-5-12(10(2)18-9)13(17)16-4-3-11-6-14-8-15-7-11/h5-8H,3-4H2,1-2H3,(H,16,17). The van der Waals surface area contributed by atoms with Crippen molar-refractivity contribution in [2.24, 2.45) is 0 Å². The van der Waals surface area contributed by atoms with Gasteiger partial charge in [-0.3, -0.25) is 4.79 Å². The summed E-state index contributed by atoms with van der Waals surface area (Å²) < 4.78 is 5.32. The van der Waals surface area contributed by atoms with E-state index in [1.807, 2.05) is 6.92 Å². The van der Waals surface area contributed by atoms with Crippen LogP contribution >= 0.6 is 0 Å². The Hall–Kier alpha value is -2.17. The van der Waals surface area contributed by atoms with E-state index in [1.54, 1.807) is 25.4 Å². The summed E-state index contributed by atoms with van der Waals surface area (Å²) in [6.07, 6.45) is 5.68. The number of carbonyl (C=O) groups excluding carboxylic acids is 1. The highest BCUT2D eigenvalue weighted by molar-refractivity contribution is 5.95. The van der Waals surface area contributed by atoms with Crippen molar-refractivity contribution in [3.8, 4) is 0 Å². The Bertz CT molecular complexity index is 534. The van der Waals surface area contributed by atoms with Gasteiger partial charge in [0.2, 0.25) is 0 Å². The van der Waals surface area contributed by atoms with Crippen LogP contribution < -0.4 is 5.32 Å². The van der Waals surface area contributed by atoms with Gasteiger partial charge in [-0.1, -0.05) is 0 Å². The molecule has 0 fully saturated rings. The van der Waals surface area contributed by atoms with Gasteiger partial charge in [-0.05, 0) is 31.9 Å². The molecule has 0 unspecified atom stereocenters. The van der Waals surface area contributed by atoms with Gasteiger partial charge in [0.05, 0.1) is 5.56 Å². The van der Waals surface area contributed by atoms with E-state index in [-0.39, 0.29) is 5.91 Å². The summed E-state index contributed by atoms with van der Waals surface area (Å²) in [5.41, 5.74) is 1.59. The average molecular weight is 245 g/mol. The average Bonchev–Trinajstić information content (AvgIpc) is 2.70. The van der Waals surface area contributed by atoms with E-state index in [0.717, 1.165) is 11.3 Å². The van der Waals surface area contributed by atoms with E-state index in [2.05, 4.69) is 15.3 Å². The molecule has 2 aromatic heterocycles. The van der Waals surface area contributed by atoms with Crippen LogP contribution in [0.2, 0.25) is 0 Å². The SMILES string of the molecule is Cc1cc(C(=O)NCCc2cncnc2)c(C)o1. The zero-order valence-corrected chi connectivity index (χ0v) is 10.4. The first kappa shape index (κ1) is 12.3. The zero-order valence-electron chi connectivity index (χ0n) is 10.4. The first-order chi connectivity index (χ1) is 8.66. The number of hydrogen-bond donors (Lipinski definition) is 1. The molecule has 1 amide bonds. The monoisotopic (exact) mass is 245 g/mol. The molecule has 2 heterocycles. The molecule has 0 aliphatic carbocycles. The molecule has 5 nitrogen and oxygen atoms in total. The van der Waals surface area contributed by atoms with Crippen LogP contribution in [0.5, 0.6) is 0 Å². The molecule has 2 aromatic rings. The maximum Gasteiger partial charge on any atom is 0.254 e. The van der Waals surface area contributed by atoms with Gasteiger partial charge in [0.1, 0.15) is 17.8 Å². The van der Waals surface area contributed by atoms with Crippen LogP contribution in [0.25, 0.3) is 0 Å². The van der Waals surface area contributed by atoms with Gasteiger partial charge in [0.25, 0.3) is 5.91 Å². The van der Waals surface area contributed by atoms with Crippen LogP contribution in [0.4, 0.5) is 0 Å². The van der Waals surface area contributed by atoms with Crippen molar-refractivity contribution in [1.29, 1.82) is 0 Å². The predicted octanol–water partition coefficient (Wildman–Crippen LogP) is 1.66. The van der Waals surface area contributed by atoms with Crippen molar-refractivity contribution in [1.82, 2.24) is 15.3 Å². The fourth-order valence-electron chi connectivity index (χ4n) is 1.73. The van der Waals surface area contributed by atoms with Gasteiger partial charge in [-0.2, -0.15) is 0 Å². The summed E-state index contributed by atoms with van der Waals surface area (Å²) in [4.78, 5) is 19.7. The number of amides is 1. The molecule has 0 aromatic carbocycles. The molecule has 0 saturated heterocycles. The van der Waals surface area contributed by atoms with Gasteiger partial charge in [-0.15, -0.1) is 0 Å². The van der Waals surface area contributed by atoms with Crippen molar-refractivity contribution in [3.05, 3.63) is 47.4 Å². The third-order valence-electron chi connectivity index (χ3n) is 2.60. The Morgan fingerprint density at radius 3 is 2.67 bits per heavy atom. The fourth-order valence-corrected chi connectivity index (χ4v) is 1.73. The van der Waals surface area contributed by atoms with E-state index in [9.17, 15) is 4.79 Å². The second kappa shape index (κ2) is 5.44. The molecule has 5 heteroatoms. The van der Waals surface area contributed by atoms with Gasteiger partial charge in [-0.25, -0.2) is 9.97 Å². The van der Waals surface area contributed by atoms with Crippen LogP contribution in [-0.4, -0.2) is 22.4 Å². The molecule has 2 rings (SSSR count). The highest BCUT2D eigenvalue weighted by Crippen LogP contribution is 2.13. The molecule has 0 aliphatic rings. The summed E-state index contributed by atoms with van der Waals surface area (Å²) in [7, 11) is 0. The Kier molecular flexibility index (Phi) is 3.72. The van der Waals surface area contributed by atoms with Crippen LogP contribution in [0.3, 0.4) is 0 Å². The molecule has 18 heavy (non-hydrogen) atoms.